The van der Waals surface area contributed by atoms with Gasteiger partial charge in [0.05, 0.1) is 13.5 Å². The molecule has 23 heavy (non-hydrogen) atoms. The van der Waals surface area contributed by atoms with Gasteiger partial charge in [-0.1, -0.05) is 23.5 Å². The Morgan fingerprint density at radius 3 is 2.74 bits per heavy atom. The lowest BCUT2D eigenvalue weighted by molar-refractivity contribution is -0.115. The molecule has 0 spiro atoms. The van der Waals surface area contributed by atoms with Crippen molar-refractivity contribution >= 4 is 22.9 Å². The van der Waals surface area contributed by atoms with Crippen LogP contribution in [0.1, 0.15) is 5.56 Å². The Balaban J connectivity index is 1.63. The maximum absolute atomic E-state index is 12.1. The molecule has 0 aliphatic carbocycles. The summed E-state index contributed by atoms with van der Waals surface area (Å²) in [5.41, 5.74) is 4.34. The van der Waals surface area contributed by atoms with Gasteiger partial charge < -0.3 is 10.1 Å². The van der Waals surface area contributed by atoms with Crippen molar-refractivity contribution in [1.29, 1.82) is 0 Å². The number of hydrogen-bond acceptors (Lipinski definition) is 5. The van der Waals surface area contributed by atoms with Gasteiger partial charge in [-0.05, 0) is 42.0 Å². The third-order valence-corrected chi connectivity index (χ3v) is 4.01. The zero-order valence-electron chi connectivity index (χ0n) is 12.5. The van der Waals surface area contributed by atoms with Crippen LogP contribution in [0.3, 0.4) is 0 Å². The monoisotopic (exact) mass is 325 g/mol. The lowest BCUT2D eigenvalue weighted by Crippen LogP contribution is -2.14. The van der Waals surface area contributed by atoms with Crippen molar-refractivity contribution in [2.45, 2.75) is 6.42 Å². The number of aromatic nitrogens is 2. The fourth-order valence-corrected chi connectivity index (χ4v) is 2.73. The SMILES string of the molecule is COc1cccc(CC(=O)Nc2ccc(-c3nncs3)cc2)c1. The standard InChI is InChI=1S/C17H15N3O2S/c1-22-15-4-2-3-12(9-15)10-16(21)19-14-7-5-13(6-8-14)17-20-18-11-23-17/h2-9,11H,10H2,1H3,(H,19,21). The number of rotatable bonds is 5. The quantitative estimate of drug-likeness (QED) is 0.781. The highest BCUT2D eigenvalue weighted by Gasteiger charge is 2.06. The minimum Gasteiger partial charge on any atom is -0.497 e. The molecule has 3 rings (SSSR count). The number of carbonyl (C=O) groups is 1. The van der Waals surface area contributed by atoms with Crippen molar-refractivity contribution in [1.82, 2.24) is 10.2 Å². The fourth-order valence-electron chi connectivity index (χ4n) is 2.17. The van der Waals surface area contributed by atoms with Crippen molar-refractivity contribution in [3.63, 3.8) is 0 Å². The number of ether oxygens (including phenoxy) is 1. The number of nitrogens with zero attached hydrogens (tertiary/aromatic N) is 2. The molecule has 1 aromatic heterocycles. The molecule has 0 fully saturated rings. The number of methoxy groups -OCH3 is 1. The van der Waals surface area contributed by atoms with E-state index in [0.29, 0.717) is 6.42 Å². The first-order chi connectivity index (χ1) is 11.2. The van der Waals surface area contributed by atoms with Gasteiger partial charge in [0, 0.05) is 11.3 Å². The predicted molar refractivity (Wildman–Crippen MR) is 90.7 cm³/mol. The Kier molecular flexibility index (Phi) is 4.63. The third kappa shape index (κ3) is 3.92. The van der Waals surface area contributed by atoms with E-state index in [-0.39, 0.29) is 5.91 Å². The molecule has 0 atom stereocenters. The molecular weight excluding hydrogens is 310 g/mol. The summed E-state index contributed by atoms with van der Waals surface area (Å²) >= 11 is 1.48. The molecule has 0 aliphatic rings. The van der Waals surface area contributed by atoms with E-state index in [4.69, 9.17) is 4.74 Å². The van der Waals surface area contributed by atoms with Crippen LogP contribution in [0, 0.1) is 0 Å². The van der Waals surface area contributed by atoms with Gasteiger partial charge in [-0.2, -0.15) is 0 Å². The van der Waals surface area contributed by atoms with Gasteiger partial charge in [-0.15, -0.1) is 10.2 Å². The average molecular weight is 325 g/mol. The topological polar surface area (TPSA) is 64.1 Å². The normalized spacial score (nSPS) is 10.3. The van der Waals surface area contributed by atoms with Crippen LogP contribution in [0.25, 0.3) is 10.6 Å². The number of amides is 1. The first-order valence-electron chi connectivity index (χ1n) is 7.04. The van der Waals surface area contributed by atoms with E-state index in [1.54, 1.807) is 12.6 Å². The van der Waals surface area contributed by atoms with E-state index in [1.165, 1.54) is 11.3 Å². The summed E-state index contributed by atoms with van der Waals surface area (Å²) in [5, 5.41) is 11.6. The molecule has 1 N–H and O–H groups in total. The number of hydrogen-bond donors (Lipinski definition) is 1. The second-order valence-corrected chi connectivity index (χ2v) is 5.73. The zero-order valence-corrected chi connectivity index (χ0v) is 13.3. The Morgan fingerprint density at radius 1 is 1.22 bits per heavy atom. The molecule has 0 bridgehead atoms. The van der Waals surface area contributed by atoms with Crippen molar-refractivity contribution < 1.29 is 9.53 Å². The summed E-state index contributed by atoms with van der Waals surface area (Å²) < 4.78 is 5.16. The van der Waals surface area contributed by atoms with Crippen LogP contribution in [-0.2, 0) is 11.2 Å². The Labute approximate surface area is 138 Å². The molecule has 0 aliphatic heterocycles. The summed E-state index contributed by atoms with van der Waals surface area (Å²) in [4.78, 5) is 12.1. The summed E-state index contributed by atoms with van der Waals surface area (Å²) in [5.74, 6) is 0.679. The van der Waals surface area contributed by atoms with Crippen LogP contribution in [0.4, 0.5) is 5.69 Å². The third-order valence-electron chi connectivity index (χ3n) is 3.27. The molecule has 6 heteroatoms. The van der Waals surface area contributed by atoms with Crippen LogP contribution in [0.2, 0.25) is 0 Å². The molecule has 0 saturated heterocycles. The second kappa shape index (κ2) is 7.02. The zero-order chi connectivity index (χ0) is 16.1. The number of carbonyl (C=O) groups excluding carboxylic acids is 1. The second-order valence-electron chi connectivity index (χ2n) is 4.90. The minimum absolute atomic E-state index is 0.0677. The van der Waals surface area contributed by atoms with Crippen molar-refractivity contribution in [2.75, 3.05) is 12.4 Å². The van der Waals surface area contributed by atoms with Crippen molar-refractivity contribution in [3.05, 3.63) is 59.6 Å². The number of anilines is 1. The summed E-state index contributed by atoms with van der Waals surface area (Å²) in [6.07, 6.45) is 0.301. The van der Waals surface area contributed by atoms with Crippen LogP contribution in [0.5, 0.6) is 5.75 Å². The summed E-state index contributed by atoms with van der Waals surface area (Å²) in [7, 11) is 1.61. The van der Waals surface area contributed by atoms with Crippen LogP contribution in [-0.4, -0.2) is 23.2 Å². The molecule has 2 aromatic carbocycles. The van der Waals surface area contributed by atoms with E-state index in [0.717, 1.165) is 27.6 Å². The van der Waals surface area contributed by atoms with E-state index in [2.05, 4.69) is 15.5 Å². The van der Waals surface area contributed by atoms with Gasteiger partial charge in [-0.25, -0.2) is 0 Å². The molecular formula is C17H15N3O2S. The van der Waals surface area contributed by atoms with E-state index < -0.39 is 0 Å². The van der Waals surface area contributed by atoms with Crippen LogP contribution < -0.4 is 10.1 Å². The first kappa shape index (κ1) is 15.2. The van der Waals surface area contributed by atoms with Gasteiger partial charge >= 0.3 is 0 Å². The first-order valence-corrected chi connectivity index (χ1v) is 7.92. The van der Waals surface area contributed by atoms with Gasteiger partial charge in [0.2, 0.25) is 5.91 Å². The average Bonchev–Trinajstić information content (AvgIpc) is 3.10. The molecule has 1 amide bonds. The maximum atomic E-state index is 12.1. The van der Waals surface area contributed by atoms with Crippen molar-refractivity contribution in [2.24, 2.45) is 0 Å². The molecule has 3 aromatic rings. The number of nitrogens with one attached hydrogen (secondary N) is 1. The molecule has 0 saturated carbocycles. The summed E-state index contributed by atoms with van der Waals surface area (Å²) in [6, 6.07) is 15.1. The van der Waals surface area contributed by atoms with E-state index in [9.17, 15) is 4.79 Å². The molecule has 116 valence electrons. The minimum atomic E-state index is -0.0677. The van der Waals surface area contributed by atoms with E-state index in [1.807, 2.05) is 48.5 Å². The smallest absolute Gasteiger partial charge is 0.228 e. The highest BCUT2D eigenvalue weighted by molar-refractivity contribution is 7.12. The van der Waals surface area contributed by atoms with Crippen LogP contribution in [0.15, 0.2) is 54.0 Å². The summed E-state index contributed by atoms with van der Waals surface area (Å²) in [6.45, 7) is 0. The Bertz CT molecular complexity index is 786. The van der Waals surface area contributed by atoms with Gasteiger partial charge in [-0.3, -0.25) is 4.79 Å². The maximum Gasteiger partial charge on any atom is 0.228 e. The van der Waals surface area contributed by atoms with Gasteiger partial charge in [0.1, 0.15) is 16.3 Å². The molecule has 0 radical (unpaired) electrons. The Hall–Kier alpha value is -2.73. The fraction of sp³-hybridized carbons (Fsp3) is 0.118. The van der Waals surface area contributed by atoms with Gasteiger partial charge in [0.15, 0.2) is 0 Å². The highest BCUT2D eigenvalue weighted by atomic mass is 32.1. The van der Waals surface area contributed by atoms with Crippen LogP contribution >= 0.6 is 11.3 Å². The van der Waals surface area contributed by atoms with Crippen molar-refractivity contribution in [3.8, 4) is 16.3 Å². The lowest BCUT2D eigenvalue weighted by atomic mass is 10.1. The highest BCUT2D eigenvalue weighted by Crippen LogP contribution is 2.22. The Morgan fingerprint density at radius 2 is 2.04 bits per heavy atom. The van der Waals surface area contributed by atoms with E-state index >= 15 is 0 Å². The van der Waals surface area contributed by atoms with Gasteiger partial charge in [0.25, 0.3) is 0 Å². The molecule has 0 unspecified atom stereocenters. The molecule has 5 nitrogen and oxygen atoms in total. The largest absolute Gasteiger partial charge is 0.497 e. The lowest BCUT2D eigenvalue weighted by Gasteiger charge is -2.07. The number of benzene rings is 2. The molecule has 1 heterocycles. The predicted octanol–water partition coefficient (Wildman–Crippen LogP) is 3.39.